The molecule has 6 heteroatoms. The van der Waals surface area contributed by atoms with Crippen molar-refractivity contribution < 1.29 is 9.90 Å². The Kier molecular flexibility index (Phi) is 1.88. The third kappa shape index (κ3) is 1.47. The quantitative estimate of drug-likeness (QED) is 0.673. The average Bonchev–Trinajstić information content (AvgIpc) is 2.75. The second-order valence-corrected chi connectivity index (χ2v) is 3.05. The molecule has 2 heterocycles. The van der Waals surface area contributed by atoms with Gasteiger partial charge in [-0.2, -0.15) is 5.10 Å². The summed E-state index contributed by atoms with van der Waals surface area (Å²) in [5.41, 5.74) is 0. The first-order valence-electron chi connectivity index (χ1n) is 4.09. The summed E-state index contributed by atoms with van der Waals surface area (Å²) in [4.78, 5) is 15.8. The molecule has 6 nitrogen and oxygen atoms in total. The van der Waals surface area contributed by atoms with Crippen molar-refractivity contribution in [3.63, 3.8) is 0 Å². The molecule has 1 aromatic heterocycles. The lowest BCUT2D eigenvalue weighted by atomic mass is 10.3. The van der Waals surface area contributed by atoms with Gasteiger partial charge in [-0.25, -0.2) is 14.5 Å². The molecule has 1 aromatic rings. The summed E-state index contributed by atoms with van der Waals surface area (Å²) in [7, 11) is 0. The topological polar surface area (TPSA) is 71.2 Å². The molecule has 0 aliphatic carbocycles. The molecule has 0 saturated carbocycles. The molecule has 1 amide bonds. The minimum atomic E-state index is -0.859. The first-order chi connectivity index (χ1) is 6.27. The molecule has 13 heavy (non-hydrogen) atoms. The van der Waals surface area contributed by atoms with Crippen molar-refractivity contribution in [2.24, 2.45) is 0 Å². The Labute approximate surface area is 74.8 Å². The summed E-state index contributed by atoms with van der Waals surface area (Å²) in [5.74, 6) is 0. The van der Waals surface area contributed by atoms with Crippen LogP contribution < -0.4 is 0 Å². The number of nitrogens with zero attached hydrogens (tertiary/aromatic N) is 4. The Hall–Kier alpha value is -1.59. The van der Waals surface area contributed by atoms with Gasteiger partial charge in [0, 0.05) is 13.1 Å². The van der Waals surface area contributed by atoms with Crippen LogP contribution in [0.2, 0.25) is 0 Å². The van der Waals surface area contributed by atoms with Crippen molar-refractivity contribution in [3.05, 3.63) is 12.7 Å². The smallest absolute Gasteiger partial charge is 0.407 e. The molecule has 0 radical (unpaired) electrons. The van der Waals surface area contributed by atoms with Crippen LogP contribution in [-0.4, -0.2) is 44.0 Å². The third-order valence-electron chi connectivity index (χ3n) is 2.24. The van der Waals surface area contributed by atoms with Crippen molar-refractivity contribution in [3.8, 4) is 0 Å². The number of hydrogen-bond acceptors (Lipinski definition) is 3. The average molecular weight is 182 g/mol. The first kappa shape index (κ1) is 8.03. The molecule has 1 atom stereocenters. The SMILES string of the molecule is O=C(O)N1CC[C@H](n2cncn2)C1. The fourth-order valence-corrected chi connectivity index (χ4v) is 1.54. The molecule has 70 valence electrons. The Balaban J connectivity index is 2.03. The van der Waals surface area contributed by atoms with Gasteiger partial charge in [-0.1, -0.05) is 0 Å². The van der Waals surface area contributed by atoms with E-state index < -0.39 is 6.09 Å². The van der Waals surface area contributed by atoms with Crippen LogP contribution in [0.15, 0.2) is 12.7 Å². The lowest BCUT2D eigenvalue weighted by molar-refractivity contribution is 0.154. The molecule has 1 N–H and O–H groups in total. The lowest BCUT2D eigenvalue weighted by Crippen LogP contribution is -2.27. The van der Waals surface area contributed by atoms with Gasteiger partial charge in [0.05, 0.1) is 6.04 Å². The third-order valence-corrected chi connectivity index (χ3v) is 2.24. The van der Waals surface area contributed by atoms with Crippen LogP contribution in [0.1, 0.15) is 12.5 Å². The van der Waals surface area contributed by atoms with E-state index in [2.05, 4.69) is 10.1 Å². The standard InChI is InChI=1S/C7H10N4O2/c12-7(13)10-2-1-6(3-10)11-5-8-4-9-11/h4-6H,1-3H2,(H,12,13)/t6-/m0/s1. The number of hydrogen-bond donors (Lipinski definition) is 1. The molecule has 1 aliphatic rings. The highest BCUT2D eigenvalue weighted by atomic mass is 16.4. The van der Waals surface area contributed by atoms with E-state index in [4.69, 9.17) is 5.11 Å². The maximum atomic E-state index is 10.6. The molecule has 0 unspecified atom stereocenters. The maximum Gasteiger partial charge on any atom is 0.407 e. The molecule has 1 aliphatic heterocycles. The zero-order valence-corrected chi connectivity index (χ0v) is 7.00. The van der Waals surface area contributed by atoms with Crippen molar-refractivity contribution in [1.82, 2.24) is 19.7 Å². The van der Waals surface area contributed by atoms with Crippen LogP contribution in [0.3, 0.4) is 0 Å². The summed E-state index contributed by atoms with van der Waals surface area (Å²) in [6.07, 6.45) is 3.04. The predicted octanol–water partition coefficient (Wildman–Crippen LogP) is 0.203. The normalized spacial score (nSPS) is 22.2. The highest BCUT2D eigenvalue weighted by Crippen LogP contribution is 2.19. The number of likely N-dealkylation sites (tertiary alicyclic amines) is 1. The second-order valence-electron chi connectivity index (χ2n) is 3.05. The van der Waals surface area contributed by atoms with E-state index in [1.165, 1.54) is 11.2 Å². The van der Waals surface area contributed by atoms with Gasteiger partial charge >= 0.3 is 6.09 Å². The van der Waals surface area contributed by atoms with E-state index >= 15 is 0 Å². The largest absolute Gasteiger partial charge is 0.465 e. The van der Waals surface area contributed by atoms with Crippen molar-refractivity contribution in [1.29, 1.82) is 0 Å². The minimum Gasteiger partial charge on any atom is -0.465 e. The molecule has 1 fully saturated rings. The Morgan fingerprint density at radius 1 is 1.62 bits per heavy atom. The van der Waals surface area contributed by atoms with E-state index in [-0.39, 0.29) is 6.04 Å². The summed E-state index contributed by atoms with van der Waals surface area (Å²) >= 11 is 0. The van der Waals surface area contributed by atoms with Crippen molar-refractivity contribution in [2.75, 3.05) is 13.1 Å². The fourth-order valence-electron chi connectivity index (χ4n) is 1.54. The van der Waals surface area contributed by atoms with Gasteiger partial charge in [-0.3, -0.25) is 0 Å². The van der Waals surface area contributed by atoms with Gasteiger partial charge in [0.25, 0.3) is 0 Å². The van der Waals surface area contributed by atoms with Gasteiger partial charge < -0.3 is 10.0 Å². The van der Waals surface area contributed by atoms with E-state index in [1.54, 1.807) is 11.0 Å². The number of amides is 1. The van der Waals surface area contributed by atoms with Crippen LogP contribution in [-0.2, 0) is 0 Å². The summed E-state index contributed by atoms with van der Waals surface area (Å²) in [6.45, 7) is 1.10. The highest BCUT2D eigenvalue weighted by Gasteiger charge is 2.27. The van der Waals surface area contributed by atoms with Crippen LogP contribution >= 0.6 is 0 Å². The monoisotopic (exact) mass is 182 g/mol. The van der Waals surface area contributed by atoms with Crippen LogP contribution in [0.4, 0.5) is 4.79 Å². The number of carbonyl (C=O) groups is 1. The molecular weight excluding hydrogens is 172 g/mol. The number of carboxylic acid groups (broad SMARTS) is 1. The fraction of sp³-hybridized carbons (Fsp3) is 0.571. The number of rotatable bonds is 1. The van der Waals surface area contributed by atoms with E-state index in [9.17, 15) is 4.79 Å². The Morgan fingerprint density at radius 3 is 3.00 bits per heavy atom. The first-order valence-corrected chi connectivity index (χ1v) is 4.09. The van der Waals surface area contributed by atoms with E-state index in [0.29, 0.717) is 13.1 Å². The highest BCUT2D eigenvalue weighted by molar-refractivity contribution is 5.65. The molecule has 0 spiro atoms. The predicted molar refractivity (Wildman–Crippen MR) is 43.3 cm³/mol. The Morgan fingerprint density at radius 2 is 2.46 bits per heavy atom. The minimum absolute atomic E-state index is 0.151. The van der Waals surface area contributed by atoms with Gasteiger partial charge in [0.2, 0.25) is 0 Å². The molecule has 1 saturated heterocycles. The number of aromatic nitrogens is 3. The van der Waals surface area contributed by atoms with Gasteiger partial charge in [-0.05, 0) is 6.42 Å². The second kappa shape index (κ2) is 3.04. The van der Waals surface area contributed by atoms with Crippen molar-refractivity contribution in [2.45, 2.75) is 12.5 Å². The van der Waals surface area contributed by atoms with E-state index in [1.807, 2.05) is 0 Å². The summed E-state index contributed by atoms with van der Waals surface area (Å²) < 4.78 is 1.71. The van der Waals surface area contributed by atoms with E-state index in [0.717, 1.165) is 6.42 Å². The van der Waals surface area contributed by atoms with Crippen LogP contribution in [0.25, 0.3) is 0 Å². The summed E-state index contributed by atoms with van der Waals surface area (Å²) in [6, 6.07) is 0.151. The van der Waals surface area contributed by atoms with Crippen LogP contribution in [0, 0.1) is 0 Å². The van der Waals surface area contributed by atoms with Gasteiger partial charge in [-0.15, -0.1) is 0 Å². The molecule has 2 rings (SSSR count). The van der Waals surface area contributed by atoms with Gasteiger partial charge in [0.1, 0.15) is 12.7 Å². The Bertz CT molecular complexity index is 297. The zero-order chi connectivity index (χ0) is 9.26. The molecule has 0 bridgehead atoms. The molecule has 0 aromatic carbocycles. The maximum absolute atomic E-state index is 10.6. The molecular formula is C7H10N4O2. The summed E-state index contributed by atoms with van der Waals surface area (Å²) in [5, 5.41) is 12.7. The van der Waals surface area contributed by atoms with Crippen LogP contribution in [0.5, 0.6) is 0 Å². The van der Waals surface area contributed by atoms with Crippen molar-refractivity contribution >= 4 is 6.09 Å². The lowest BCUT2D eigenvalue weighted by Gasteiger charge is -2.11. The zero-order valence-electron chi connectivity index (χ0n) is 7.00. The van der Waals surface area contributed by atoms with Gasteiger partial charge in [0.15, 0.2) is 0 Å².